The summed E-state index contributed by atoms with van der Waals surface area (Å²) >= 11 is 11.7. The van der Waals surface area contributed by atoms with Gasteiger partial charge in [-0.05, 0) is 31.2 Å². The molecule has 1 aromatic heterocycles. The van der Waals surface area contributed by atoms with E-state index in [1.54, 1.807) is 0 Å². The molecule has 0 radical (unpaired) electrons. The molecule has 0 fully saturated rings. The quantitative estimate of drug-likeness (QED) is 0.912. The lowest BCUT2D eigenvalue weighted by Crippen LogP contribution is -2.06. The first kappa shape index (κ1) is 15.9. The fourth-order valence-corrected chi connectivity index (χ4v) is 4.00. The van der Waals surface area contributed by atoms with Gasteiger partial charge in [0, 0.05) is 10.6 Å². The molecule has 0 unspecified atom stereocenters. The van der Waals surface area contributed by atoms with Gasteiger partial charge in [0.15, 0.2) is 9.84 Å². The molecule has 2 rings (SSSR count). The van der Waals surface area contributed by atoms with E-state index >= 15 is 0 Å². The number of aromatic carboxylic acids is 1. The van der Waals surface area contributed by atoms with E-state index in [-0.39, 0.29) is 32.0 Å². The fourth-order valence-electron chi connectivity index (χ4n) is 1.77. The normalized spacial score (nSPS) is 11.6. The van der Waals surface area contributed by atoms with Gasteiger partial charge in [-0.15, -0.1) is 0 Å². The minimum Gasteiger partial charge on any atom is -0.475 e. The standard InChI is InChI=1S/C13H10Cl2O5S/c1-7-8(4-11(20-7)13(16)17)6-21(18,19)12-5-9(14)2-3-10(12)15/h2-5H,6H2,1H3,(H,16,17). The molecule has 0 bridgehead atoms. The summed E-state index contributed by atoms with van der Waals surface area (Å²) in [4.78, 5) is 10.7. The molecule has 0 atom stereocenters. The zero-order valence-electron chi connectivity index (χ0n) is 10.8. The second kappa shape index (κ2) is 5.71. The van der Waals surface area contributed by atoms with Gasteiger partial charge < -0.3 is 9.52 Å². The maximum absolute atomic E-state index is 12.4. The van der Waals surface area contributed by atoms with Crippen LogP contribution in [-0.4, -0.2) is 19.5 Å². The molecule has 0 saturated carbocycles. The van der Waals surface area contributed by atoms with E-state index in [1.165, 1.54) is 31.2 Å². The Balaban J connectivity index is 2.42. The van der Waals surface area contributed by atoms with Crippen LogP contribution < -0.4 is 0 Å². The maximum atomic E-state index is 12.4. The van der Waals surface area contributed by atoms with Gasteiger partial charge in [0.1, 0.15) is 5.76 Å². The summed E-state index contributed by atoms with van der Waals surface area (Å²) < 4.78 is 29.7. The number of sulfone groups is 1. The zero-order chi connectivity index (χ0) is 15.8. The highest BCUT2D eigenvalue weighted by atomic mass is 35.5. The van der Waals surface area contributed by atoms with Crippen molar-refractivity contribution in [3.8, 4) is 0 Å². The SMILES string of the molecule is Cc1oc(C(=O)O)cc1CS(=O)(=O)c1cc(Cl)ccc1Cl. The van der Waals surface area contributed by atoms with E-state index in [0.29, 0.717) is 0 Å². The van der Waals surface area contributed by atoms with Gasteiger partial charge in [0.05, 0.1) is 15.7 Å². The van der Waals surface area contributed by atoms with Crippen LogP contribution in [-0.2, 0) is 15.6 Å². The Bertz CT molecular complexity index is 808. The predicted octanol–water partition coefficient (Wildman–Crippen LogP) is 3.57. The molecule has 0 aliphatic rings. The average molecular weight is 349 g/mol. The third kappa shape index (κ3) is 3.40. The molecular formula is C13H10Cl2O5S. The van der Waals surface area contributed by atoms with Crippen molar-refractivity contribution in [1.82, 2.24) is 0 Å². The van der Waals surface area contributed by atoms with E-state index < -0.39 is 21.6 Å². The number of benzene rings is 1. The van der Waals surface area contributed by atoms with E-state index in [0.717, 1.165) is 0 Å². The second-order valence-corrected chi connectivity index (χ2v) is 7.13. The van der Waals surface area contributed by atoms with Gasteiger partial charge in [-0.2, -0.15) is 0 Å². The van der Waals surface area contributed by atoms with Gasteiger partial charge in [-0.25, -0.2) is 13.2 Å². The second-order valence-electron chi connectivity index (χ2n) is 4.33. The van der Waals surface area contributed by atoms with Gasteiger partial charge in [0.25, 0.3) is 0 Å². The van der Waals surface area contributed by atoms with Crippen molar-refractivity contribution < 1.29 is 22.7 Å². The van der Waals surface area contributed by atoms with Gasteiger partial charge >= 0.3 is 5.97 Å². The van der Waals surface area contributed by atoms with Crippen molar-refractivity contribution in [1.29, 1.82) is 0 Å². The molecule has 1 aromatic carbocycles. The first-order valence-corrected chi connectivity index (χ1v) is 8.12. The van der Waals surface area contributed by atoms with Crippen LogP contribution in [0, 0.1) is 6.92 Å². The number of halogens is 2. The van der Waals surface area contributed by atoms with Crippen molar-refractivity contribution in [3.05, 3.63) is 51.4 Å². The number of aryl methyl sites for hydroxylation is 1. The van der Waals surface area contributed by atoms with E-state index in [2.05, 4.69) is 0 Å². The molecule has 5 nitrogen and oxygen atoms in total. The summed E-state index contributed by atoms with van der Waals surface area (Å²) in [6, 6.07) is 5.32. The highest BCUT2D eigenvalue weighted by Crippen LogP contribution is 2.29. The minimum absolute atomic E-state index is 0.0546. The first-order valence-electron chi connectivity index (χ1n) is 5.71. The van der Waals surface area contributed by atoms with Crippen molar-refractivity contribution in [2.24, 2.45) is 0 Å². The number of rotatable bonds is 4. The van der Waals surface area contributed by atoms with Crippen LogP contribution in [0.5, 0.6) is 0 Å². The Morgan fingerprint density at radius 1 is 1.29 bits per heavy atom. The molecule has 0 aliphatic heterocycles. The number of hydrogen-bond acceptors (Lipinski definition) is 4. The molecular weight excluding hydrogens is 339 g/mol. The molecule has 8 heteroatoms. The highest BCUT2D eigenvalue weighted by Gasteiger charge is 2.23. The summed E-state index contributed by atoms with van der Waals surface area (Å²) in [7, 11) is -3.77. The van der Waals surface area contributed by atoms with E-state index in [4.69, 9.17) is 32.7 Å². The van der Waals surface area contributed by atoms with Crippen molar-refractivity contribution in [3.63, 3.8) is 0 Å². The molecule has 0 saturated heterocycles. The Hall–Kier alpha value is -1.50. The fraction of sp³-hybridized carbons (Fsp3) is 0.154. The van der Waals surface area contributed by atoms with Crippen molar-refractivity contribution in [2.75, 3.05) is 0 Å². The maximum Gasteiger partial charge on any atom is 0.371 e. The number of hydrogen-bond donors (Lipinski definition) is 1. The largest absolute Gasteiger partial charge is 0.475 e. The van der Waals surface area contributed by atoms with Crippen LogP contribution in [0.25, 0.3) is 0 Å². The van der Waals surface area contributed by atoms with Crippen LogP contribution in [0.1, 0.15) is 21.9 Å². The molecule has 0 spiro atoms. The summed E-state index contributed by atoms with van der Waals surface area (Å²) in [5.41, 5.74) is 0.267. The minimum atomic E-state index is -3.77. The molecule has 2 aromatic rings. The number of carbonyl (C=O) groups is 1. The summed E-state index contributed by atoms with van der Waals surface area (Å²) in [6.45, 7) is 1.50. The van der Waals surface area contributed by atoms with Gasteiger partial charge in [-0.1, -0.05) is 23.2 Å². The third-order valence-electron chi connectivity index (χ3n) is 2.81. The lowest BCUT2D eigenvalue weighted by Gasteiger charge is -2.06. The third-order valence-corrected chi connectivity index (χ3v) is 5.18. The Morgan fingerprint density at radius 2 is 1.95 bits per heavy atom. The summed E-state index contributed by atoms with van der Waals surface area (Å²) in [5, 5.41) is 9.13. The molecule has 0 aliphatic carbocycles. The monoisotopic (exact) mass is 348 g/mol. The van der Waals surface area contributed by atoms with Gasteiger partial charge in [0.2, 0.25) is 5.76 Å². The topological polar surface area (TPSA) is 84.6 Å². The lowest BCUT2D eigenvalue weighted by atomic mass is 10.3. The number of furan rings is 1. The lowest BCUT2D eigenvalue weighted by molar-refractivity contribution is 0.0661. The molecule has 21 heavy (non-hydrogen) atoms. The Labute approximate surface area is 131 Å². The Kier molecular flexibility index (Phi) is 4.32. The van der Waals surface area contributed by atoms with Crippen LogP contribution >= 0.6 is 23.2 Å². The number of carboxylic acids is 1. The van der Waals surface area contributed by atoms with Crippen LogP contribution in [0.2, 0.25) is 10.0 Å². The average Bonchev–Trinajstić information content (AvgIpc) is 2.73. The zero-order valence-corrected chi connectivity index (χ0v) is 13.1. The highest BCUT2D eigenvalue weighted by molar-refractivity contribution is 7.90. The van der Waals surface area contributed by atoms with Crippen molar-refractivity contribution in [2.45, 2.75) is 17.6 Å². The van der Waals surface area contributed by atoms with E-state index in [9.17, 15) is 13.2 Å². The Morgan fingerprint density at radius 3 is 2.52 bits per heavy atom. The van der Waals surface area contributed by atoms with E-state index in [1.807, 2.05) is 0 Å². The van der Waals surface area contributed by atoms with Crippen LogP contribution in [0.4, 0.5) is 0 Å². The predicted molar refractivity (Wildman–Crippen MR) is 77.8 cm³/mol. The van der Waals surface area contributed by atoms with Crippen molar-refractivity contribution >= 4 is 39.0 Å². The van der Waals surface area contributed by atoms with Crippen LogP contribution in [0.3, 0.4) is 0 Å². The van der Waals surface area contributed by atoms with Gasteiger partial charge in [-0.3, -0.25) is 0 Å². The summed E-state index contributed by atoms with van der Waals surface area (Å²) in [5.74, 6) is -1.76. The molecule has 1 N–H and O–H groups in total. The smallest absolute Gasteiger partial charge is 0.371 e. The number of carboxylic acid groups (broad SMARTS) is 1. The summed E-state index contributed by atoms with van der Waals surface area (Å²) in [6.07, 6.45) is 0. The molecule has 0 amide bonds. The van der Waals surface area contributed by atoms with Crippen LogP contribution in [0.15, 0.2) is 33.6 Å². The molecule has 1 heterocycles. The first-order chi connectivity index (χ1) is 9.70. The molecule has 112 valence electrons.